The average molecular weight is 529 g/mol. The van der Waals surface area contributed by atoms with Gasteiger partial charge in [0.2, 0.25) is 5.95 Å². The van der Waals surface area contributed by atoms with Crippen molar-refractivity contribution in [2.75, 3.05) is 17.3 Å². The van der Waals surface area contributed by atoms with Crippen LogP contribution in [0.25, 0.3) is 21.9 Å². The van der Waals surface area contributed by atoms with E-state index in [1.165, 1.54) is 36.5 Å². The van der Waals surface area contributed by atoms with Crippen LogP contribution in [0.4, 0.5) is 17.5 Å². The van der Waals surface area contributed by atoms with Crippen molar-refractivity contribution in [2.45, 2.75) is 69.5 Å². The fourth-order valence-corrected chi connectivity index (χ4v) is 5.71. The number of nitrogens with one attached hydrogen (secondary N) is 1. The maximum atomic E-state index is 6.14. The molecule has 36 heavy (non-hydrogen) atoms. The van der Waals surface area contributed by atoms with Crippen LogP contribution < -0.4 is 16.0 Å². The fraction of sp³-hybridized carbons (Fsp3) is 0.444. The van der Waals surface area contributed by atoms with E-state index in [-0.39, 0.29) is 24.8 Å². The molecule has 2 fully saturated rings. The Kier molecular flexibility index (Phi) is 8.23. The van der Waals surface area contributed by atoms with Crippen LogP contribution in [0.15, 0.2) is 48.8 Å². The second kappa shape index (κ2) is 11.2. The van der Waals surface area contributed by atoms with Crippen LogP contribution in [0.2, 0.25) is 0 Å². The van der Waals surface area contributed by atoms with Gasteiger partial charge in [0, 0.05) is 36.2 Å². The number of hydrogen-bond acceptors (Lipinski definition) is 6. The van der Waals surface area contributed by atoms with Gasteiger partial charge in [-0.05, 0) is 50.0 Å². The Bertz CT molecular complexity index is 1300. The second-order valence-electron chi connectivity index (χ2n) is 9.95. The van der Waals surface area contributed by atoms with Crippen LogP contribution in [-0.2, 0) is 0 Å². The number of aromatic nitrogens is 4. The van der Waals surface area contributed by atoms with Crippen molar-refractivity contribution in [3.63, 3.8) is 0 Å². The summed E-state index contributed by atoms with van der Waals surface area (Å²) in [5, 5.41) is 6.05. The highest BCUT2D eigenvalue weighted by Gasteiger charge is 2.25. The summed E-state index contributed by atoms with van der Waals surface area (Å²) >= 11 is 0. The molecule has 2 saturated carbocycles. The van der Waals surface area contributed by atoms with Gasteiger partial charge in [-0.3, -0.25) is 0 Å². The third-order valence-corrected chi connectivity index (χ3v) is 7.67. The number of nitrogens with zero attached hydrogens (tertiary/aromatic N) is 5. The standard InChI is InChI=1S/C27H33N7.2ClH/c1-33(23-12-6-8-18-7-2-5-11-22(18)23)25-24-26(34(17-29-24)21-9-3-4-10-21)32-27(31-25)30-20-15-13-19(28)14-16-20;;/h2,5-8,11-12,17,19-21H,3-4,9-10,13-16,28H2,1H3,(H,30,31,32);2*1H/t19-,20-;;. The van der Waals surface area contributed by atoms with Crippen LogP contribution in [-0.4, -0.2) is 38.7 Å². The molecule has 2 aromatic carbocycles. The molecule has 192 valence electrons. The summed E-state index contributed by atoms with van der Waals surface area (Å²) in [6.07, 6.45) is 11.1. The number of hydrogen-bond donors (Lipinski definition) is 2. The Morgan fingerprint density at radius 2 is 1.64 bits per heavy atom. The summed E-state index contributed by atoms with van der Waals surface area (Å²) < 4.78 is 2.28. The molecule has 0 bridgehead atoms. The van der Waals surface area contributed by atoms with Crippen molar-refractivity contribution in [1.82, 2.24) is 19.5 Å². The van der Waals surface area contributed by atoms with Crippen LogP contribution in [0.1, 0.15) is 57.4 Å². The number of nitrogens with two attached hydrogens (primary N) is 1. The third-order valence-electron chi connectivity index (χ3n) is 7.67. The van der Waals surface area contributed by atoms with E-state index in [0.717, 1.165) is 48.4 Å². The molecule has 0 atom stereocenters. The molecule has 0 radical (unpaired) electrons. The monoisotopic (exact) mass is 527 g/mol. The summed E-state index contributed by atoms with van der Waals surface area (Å²) in [6, 6.07) is 16.0. The molecule has 2 aliphatic rings. The van der Waals surface area contributed by atoms with E-state index < -0.39 is 0 Å². The van der Waals surface area contributed by atoms with Gasteiger partial charge >= 0.3 is 0 Å². The highest BCUT2D eigenvalue weighted by atomic mass is 35.5. The lowest BCUT2D eigenvalue weighted by Gasteiger charge is -2.27. The molecular formula is C27H35Cl2N7. The van der Waals surface area contributed by atoms with Crippen molar-refractivity contribution < 1.29 is 0 Å². The molecule has 4 aromatic rings. The zero-order valence-corrected chi connectivity index (χ0v) is 22.3. The summed E-state index contributed by atoms with van der Waals surface area (Å²) in [5.74, 6) is 1.53. The number of benzene rings is 2. The lowest BCUT2D eigenvalue weighted by molar-refractivity contribution is 0.410. The predicted octanol–water partition coefficient (Wildman–Crippen LogP) is 6.39. The molecule has 2 aliphatic carbocycles. The Labute approximate surface area is 224 Å². The first-order valence-corrected chi connectivity index (χ1v) is 12.7. The quantitative estimate of drug-likeness (QED) is 0.312. The maximum absolute atomic E-state index is 6.14. The van der Waals surface area contributed by atoms with Gasteiger partial charge < -0.3 is 20.5 Å². The highest BCUT2D eigenvalue weighted by molar-refractivity contribution is 5.98. The largest absolute Gasteiger partial charge is 0.351 e. The minimum Gasteiger partial charge on any atom is -0.351 e. The molecule has 0 saturated heterocycles. The summed E-state index contributed by atoms with van der Waals surface area (Å²) in [4.78, 5) is 17.1. The molecule has 9 heteroatoms. The Morgan fingerprint density at radius 3 is 2.42 bits per heavy atom. The summed E-state index contributed by atoms with van der Waals surface area (Å²) in [5.41, 5.74) is 9.04. The van der Waals surface area contributed by atoms with E-state index in [1.807, 2.05) is 6.33 Å². The van der Waals surface area contributed by atoms with E-state index in [1.54, 1.807) is 0 Å². The number of halogens is 2. The Morgan fingerprint density at radius 1 is 0.917 bits per heavy atom. The molecule has 0 unspecified atom stereocenters. The van der Waals surface area contributed by atoms with Crippen molar-refractivity contribution in [2.24, 2.45) is 5.73 Å². The SMILES string of the molecule is CN(c1cccc2ccccc12)c1nc(N[C@H]2CC[C@H](N)CC2)nc2c1ncn2C1CCCC1.Cl.Cl. The van der Waals surface area contributed by atoms with Crippen LogP contribution in [0.3, 0.4) is 0 Å². The van der Waals surface area contributed by atoms with Gasteiger partial charge in [-0.2, -0.15) is 9.97 Å². The molecule has 3 N–H and O–H groups in total. The van der Waals surface area contributed by atoms with Crippen molar-refractivity contribution >= 4 is 64.2 Å². The predicted molar refractivity (Wildman–Crippen MR) is 153 cm³/mol. The second-order valence-corrected chi connectivity index (χ2v) is 9.95. The van der Waals surface area contributed by atoms with Crippen LogP contribution in [0, 0.1) is 0 Å². The summed E-state index contributed by atoms with van der Waals surface area (Å²) in [6.45, 7) is 0. The van der Waals surface area contributed by atoms with Crippen LogP contribution >= 0.6 is 24.8 Å². The van der Waals surface area contributed by atoms with Crippen molar-refractivity contribution in [1.29, 1.82) is 0 Å². The lowest BCUT2D eigenvalue weighted by Crippen LogP contribution is -2.33. The van der Waals surface area contributed by atoms with Gasteiger partial charge in [0.25, 0.3) is 0 Å². The number of fused-ring (bicyclic) bond motifs is 2. The van der Waals surface area contributed by atoms with Gasteiger partial charge in [0.05, 0.1) is 6.33 Å². The fourth-order valence-electron chi connectivity index (χ4n) is 5.71. The maximum Gasteiger partial charge on any atom is 0.227 e. The van der Waals surface area contributed by atoms with Crippen molar-refractivity contribution in [3.05, 3.63) is 48.8 Å². The molecule has 2 heterocycles. The number of rotatable bonds is 5. The summed E-state index contributed by atoms with van der Waals surface area (Å²) in [7, 11) is 2.08. The molecule has 0 amide bonds. The number of anilines is 3. The first kappa shape index (κ1) is 26.5. The molecule has 0 aliphatic heterocycles. The molecular weight excluding hydrogens is 493 g/mol. The normalized spacial score (nSPS) is 20.2. The van der Waals surface area contributed by atoms with Gasteiger partial charge in [-0.1, -0.05) is 49.2 Å². The van der Waals surface area contributed by atoms with E-state index in [2.05, 4.69) is 64.3 Å². The molecule has 7 nitrogen and oxygen atoms in total. The average Bonchev–Trinajstić information content (AvgIpc) is 3.54. The molecule has 2 aromatic heterocycles. The first-order chi connectivity index (χ1) is 16.7. The molecule has 0 spiro atoms. The van der Waals surface area contributed by atoms with Crippen molar-refractivity contribution in [3.8, 4) is 0 Å². The number of imidazole rings is 1. The highest BCUT2D eigenvalue weighted by Crippen LogP contribution is 2.37. The van der Waals surface area contributed by atoms with Gasteiger partial charge in [0.1, 0.15) is 0 Å². The van der Waals surface area contributed by atoms with Gasteiger partial charge in [0.15, 0.2) is 17.0 Å². The minimum absolute atomic E-state index is 0. The zero-order chi connectivity index (χ0) is 23.1. The third kappa shape index (κ3) is 4.97. The smallest absolute Gasteiger partial charge is 0.227 e. The minimum atomic E-state index is 0. The zero-order valence-electron chi connectivity index (χ0n) is 20.6. The molecule has 6 rings (SSSR count). The lowest BCUT2D eigenvalue weighted by atomic mass is 9.92. The topological polar surface area (TPSA) is 84.9 Å². The van der Waals surface area contributed by atoms with E-state index in [9.17, 15) is 0 Å². The van der Waals surface area contributed by atoms with Gasteiger partial charge in [-0.15, -0.1) is 24.8 Å². The van der Waals surface area contributed by atoms with Gasteiger partial charge in [-0.25, -0.2) is 4.98 Å². The first-order valence-electron chi connectivity index (χ1n) is 12.7. The Balaban J connectivity index is 0.00000152. The van der Waals surface area contributed by atoms with E-state index in [4.69, 9.17) is 20.7 Å². The Hall–Kier alpha value is -2.61. The van der Waals surface area contributed by atoms with Crippen LogP contribution in [0.5, 0.6) is 0 Å². The van der Waals surface area contributed by atoms with E-state index in [0.29, 0.717) is 24.1 Å². The van der Waals surface area contributed by atoms with E-state index >= 15 is 0 Å².